The lowest BCUT2D eigenvalue weighted by molar-refractivity contribution is -0.147. The second kappa shape index (κ2) is 46.9. The van der Waals surface area contributed by atoms with Crippen LogP contribution in [0, 0.1) is 0 Å². The van der Waals surface area contributed by atoms with Crippen molar-refractivity contribution in [1.29, 1.82) is 0 Å². The van der Waals surface area contributed by atoms with Gasteiger partial charge in [-0.2, -0.15) is 0 Å². The maximum Gasteiger partial charge on any atom is 0.472 e. The molecule has 0 aliphatic rings. The van der Waals surface area contributed by atoms with Crippen LogP contribution in [0.2, 0.25) is 0 Å². The Morgan fingerprint density at radius 2 is 0.902 bits per heavy atom. The molecule has 0 spiro atoms. The zero-order valence-electron chi connectivity index (χ0n) is 38.8. The standard InChI is InChI=1S/C51H90NO8P/c1-3-5-7-9-11-13-15-17-19-21-22-23-24-25-26-28-29-31-33-35-37-39-41-43-50(54)52-45-46-59-61(56,57)60-48-49(53)47-58-51(55)44-42-40-38-36-34-32-30-27-20-18-16-14-12-10-8-6-4-2/h11-14,17-20,30,32,36,38,49,53H,3-10,15-16,21-29,31,33-35,37,39-48H2,1-2H3,(H,52,54)(H,56,57)/b13-11-,14-12-,19-17-,20-18-,32-30-,38-36-. The lowest BCUT2D eigenvalue weighted by Gasteiger charge is -2.15. The monoisotopic (exact) mass is 876 g/mol. The molecule has 0 aliphatic heterocycles. The minimum Gasteiger partial charge on any atom is -0.463 e. The average molecular weight is 876 g/mol. The van der Waals surface area contributed by atoms with Crippen molar-refractivity contribution < 1.29 is 37.9 Å². The van der Waals surface area contributed by atoms with Gasteiger partial charge in [-0.25, -0.2) is 4.57 Å². The molecule has 352 valence electrons. The van der Waals surface area contributed by atoms with Crippen molar-refractivity contribution in [2.75, 3.05) is 26.4 Å². The van der Waals surface area contributed by atoms with E-state index in [1.807, 2.05) is 6.08 Å². The van der Waals surface area contributed by atoms with E-state index in [2.05, 4.69) is 86.0 Å². The molecular formula is C51H90NO8P. The number of aliphatic hydroxyl groups is 1. The minimum absolute atomic E-state index is 0.0721. The highest BCUT2D eigenvalue weighted by Gasteiger charge is 2.23. The van der Waals surface area contributed by atoms with Gasteiger partial charge in [0.25, 0.3) is 0 Å². The van der Waals surface area contributed by atoms with Crippen LogP contribution in [0.1, 0.15) is 206 Å². The van der Waals surface area contributed by atoms with E-state index in [9.17, 15) is 24.2 Å². The number of hydrogen-bond donors (Lipinski definition) is 3. The topological polar surface area (TPSA) is 131 Å². The summed E-state index contributed by atoms with van der Waals surface area (Å²) in [6.07, 6.45) is 58.4. The van der Waals surface area contributed by atoms with Crippen molar-refractivity contribution in [1.82, 2.24) is 5.32 Å². The number of phosphoric ester groups is 1. The number of amides is 1. The smallest absolute Gasteiger partial charge is 0.463 e. The van der Waals surface area contributed by atoms with Gasteiger partial charge >= 0.3 is 13.8 Å². The first-order valence-corrected chi connectivity index (χ1v) is 25.9. The van der Waals surface area contributed by atoms with Crippen LogP contribution in [0.5, 0.6) is 0 Å². The number of carbonyl (C=O) groups excluding carboxylic acids is 2. The second-order valence-corrected chi connectivity index (χ2v) is 17.5. The summed E-state index contributed by atoms with van der Waals surface area (Å²) >= 11 is 0. The van der Waals surface area contributed by atoms with E-state index in [-0.39, 0.29) is 32.1 Å². The number of rotatable bonds is 45. The van der Waals surface area contributed by atoms with Gasteiger partial charge < -0.3 is 20.1 Å². The second-order valence-electron chi connectivity index (χ2n) is 16.1. The van der Waals surface area contributed by atoms with Gasteiger partial charge in [-0.3, -0.25) is 18.6 Å². The maximum absolute atomic E-state index is 12.1. The molecule has 0 radical (unpaired) electrons. The van der Waals surface area contributed by atoms with E-state index in [0.717, 1.165) is 51.4 Å². The van der Waals surface area contributed by atoms with E-state index in [1.54, 1.807) is 0 Å². The van der Waals surface area contributed by atoms with Gasteiger partial charge in [0.15, 0.2) is 0 Å². The first kappa shape index (κ1) is 58.5. The molecule has 0 rings (SSSR count). The molecule has 1 amide bonds. The summed E-state index contributed by atoms with van der Waals surface area (Å²) in [5.41, 5.74) is 0. The highest BCUT2D eigenvalue weighted by atomic mass is 31.2. The molecule has 0 aliphatic carbocycles. The number of hydrogen-bond acceptors (Lipinski definition) is 7. The summed E-state index contributed by atoms with van der Waals surface area (Å²) < 4.78 is 26.9. The number of nitrogens with one attached hydrogen (secondary N) is 1. The van der Waals surface area contributed by atoms with E-state index in [0.29, 0.717) is 12.8 Å². The molecule has 0 fully saturated rings. The van der Waals surface area contributed by atoms with Crippen LogP contribution in [-0.2, 0) is 27.9 Å². The summed E-state index contributed by atoms with van der Waals surface area (Å²) in [6, 6.07) is 0. The number of ether oxygens (including phenoxy) is 1. The number of carbonyl (C=O) groups is 2. The Kier molecular flexibility index (Phi) is 45.0. The van der Waals surface area contributed by atoms with Crippen molar-refractivity contribution in [3.05, 3.63) is 72.9 Å². The molecule has 0 heterocycles. The number of aliphatic hydroxyl groups excluding tert-OH is 1. The molecule has 2 atom stereocenters. The summed E-state index contributed by atoms with van der Waals surface area (Å²) in [6.45, 7) is 3.44. The molecule has 0 bridgehead atoms. The first-order chi connectivity index (χ1) is 29.8. The zero-order valence-corrected chi connectivity index (χ0v) is 39.7. The Bertz CT molecular complexity index is 1230. The lowest BCUT2D eigenvalue weighted by atomic mass is 10.0. The molecule has 0 aromatic rings. The predicted molar refractivity (Wildman–Crippen MR) is 256 cm³/mol. The summed E-state index contributed by atoms with van der Waals surface area (Å²) in [5.74, 6) is -0.575. The maximum atomic E-state index is 12.1. The quantitative estimate of drug-likeness (QED) is 0.0239. The Balaban J connectivity index is 3.62. The first-order valence-electron chi connectivity index (χ1n) is 24.4. The van der Waals surface area contributed by atoms with Gasteiger partial charge in [0, 0.05) is 19.4 Å². The van der Waals surface area contributed by atoms with E-state index < -0.39 is 26.5 Å². The van der Waals surface area contributed by atoms with Crippen LogP contribution in [0.15, 0.2) is 72.9 Å². The number of unbranched alkanes of at least 4 members (excludes halogenated alkanes) is 20. The Morgan fingerprint density at radius 3 is 1.36 bits per heavy atom. The molecule has 3 N–H and O–H groups in total. The SMILES string of the molecule is CCCCC/C=C\C/C=C\C/C=C\C/C=C\CCCC(=O)OCC(O)COP(=O)(O)OCCNC(=O)CCCCCCCCCCCCCCC/C=C\C/C=C\CCCCC. The normalized spacial score (nSPS) is 13.8. The molecule has 10 heteroatoms. The summed E-state index contributed by atoms with van der Waals surface area (Å²) in [5, 5.41) is 12.7. The van der Waals surface area contributed by atoms with Crippen LogP contribution in [0.3, 0.4) is 0 Å². The van der Waals surface area contributed by atoms with Crippen LogP contribution in [0.25, 0.3) is 0 Å². The Hall–Kier alpha value is -2.55. The Morgan fingerprint density at radius 1 is 0.508 bits per heavy atom. The van der Waals surface area contributed by atoms with Gasteiger partial charge in [0.05, 0.1) is 13.2 Å². The fraction of sp³-hybridized carbons (Fsp3) is 0.725. The van der Waals surface area contributed by atoms with Crippen molar-refractivity contribution in [3.63, 3.8) is 0 Å². The fourth-order valence-corrected chi connectivity index (χ4v) is 7.16. The van der Waals surface area contributed by atoms with Gasteiger partial charge in [-0.05, 0) is 83.5 Å². The summed E-state index contributed by atoms with van der Waals surface area (Å²) in [7, 11) is -4.44. The molecule has 0 aromatic carbocycles. The van der Waals surface area contributed by atoms with Gasteiger partial charge in [-0.15, -0.1) is 0 Å². The molecule has 9 nitrogen and oxygen atoms in total. The van der Waals surface area contributed by atoms with Gasteiger partial charge in [0.2, 0.25) is 5.91 Å². The molecule has 2 unspecified atom stereocenters. The minimum atomic E-state index is -4.44. The molecule has 61 heavy (non-hydrogen) atoms. The number of esters is 1. The van der Waals surface area contributed by atoms with Crippen molar-refractivity contribution in [3.8, 4) is 0 Å². The number of phosphoric acid groups is 1. The van der Waals surface area contributed by atoms with Crippen molar-refractivity contribution in [2.45, 2.75) is 213 Å². The van der Waals surface area contributed by atoms with E-state index in [1.165, 1.54) is 122 Å². The van der Waals surface area contributed by atoms with Crippen LogP contribution in [-0.4, -0.2) is 54.3 Å². The van der Waals surface area contributed by atoms with Crippen LogP contribution < -0.4 is 5.32 Å². The molecule has 0 saturated heterocycles. The van der Waals surface area contributed by atoms with Crippen LogP contribution >= 0.6 is 7.82 Å². The highest BCUT2D eigenvalue weighted by Crippen LogP contribution is 2.42. The van der Waals surface area contributed by atoms with Gasteiger partial charge in [0.1, 0.15) is 12.7 Å². The average Bonchev–Trinajstić information content (AvgIpc) is 3.25. The third-order valence-electron chi connectivity index (χ3n) is 10.1. The molecule has 0 saturated carbocycles. The third kappa shape index (κ3) is 48.3. The van der Waals surface area contributed by atoms with Crippen molar-refractivity contribution >= 4 is 19.7 Å². The number of allylic oxidation sites excluding steroid dienone is 12. The highest BCUT2D eigenvalue weighted by molar-refractivity contribution is 7.47. The largest absolute Gasteiger partial charge is 0.472 e. The zero-order chi connectivity index (χ0) is 44.6. The predicted octanol–water partition coefficient (Wildman–Crippen LogP) is 14.2. The Labute approximate surface area is 373 Å². The molecular weight excluding hydrogens is 786 g/mol. The molecule has 0 aromatic heterocycles. The third-order valence-corrected chi connectivity index (χ3v) is 11.1. The van der Waals surface area contributed by atoms with E-state index >= 15 is 0 Å². The lowest BCUT2D eigenvalue weighted by Crippen LogP contribution is -2.27. The van der Waals surface area contributed by atoms with Crippen LogP contribution in [0.4, 0.5) is 0 Å². The summed E-state index contributed by atoms with van der Waals surface area (Å²) in [4.78, 5) is 34.0. The van der Waals surface area contributed by atoms with Crippen molar-refractivity contribution in [2.24, 2.45) is 0 Å². The fourth-order valence-electron chi connectivity index (χ4n) is 6.40. The van der Waals surface area contributed by atoms with E-state index in [4.69, 9.17) is 13.8 Å². The van der Waals surface area contributed by atoms with Gasteiger partial charge in [-0.1, -0.05) is 183 Å².